The van der Waals surface area contributed by atoms with Gasteiger partial charge in [-0.15, -0.1) is 21.5 Å². The molecule has 0 saturated carbocycles. The Balaban J connectivity index is 1.28. The van der Waals surface area contributed by atoms with Crippen molar-refractivity contribution < 1.29 is 9.21 Å². The Morgan fingerprint density at radius 2 is 2.39 bits per heavy atom. The second kappa shape index (κ2) is 7.66. The van der Waals surface area contributed by atoms with Gasteiger partial charge in [-0.05, 0) is 42.9 Å². The molecule has 31 heavy (non-hydrogen) atoms. The number of nitrogens with one attached hydrogen (secondary N) is 3. The third-order valence-corrected chi connectivity index (χ3v) is 8.23. The van der Waals surface area contributed by atoms with E-state index in [1.165, 1.54) is 39.2 Å². The van der Waals surface area contributed by atoms with E-state index in [1.54, 1.807) is 6.26 Å². The predicted molar refractivity (Wildman–Crippen MR) is 118 cm³/mol. The van der Waals surface area contributed by atoms with E-state index in [2.05, 4.69) is 42.8 Å². The highest BCUT2D eigenvalue weighted by atomic mass is 32.2. The van der Waals surface area contributed by atoms with Gasteiger partial charge in [-0.25, -0.2) is 9.99 Å². The van der Waals surface area contributed by atoms with E-state index in [0.29, 0.717) is 19.1 Å². The fraction of sp³-hybridized carbons (Fsp3) is 0.450. The maximum Gasteiger partial charge on any atom is 0.249 e. The zero-order valence-corrected chi connectivity index (χ0v) is 18.7. The molecule has 1 amide bonds. The number of fused-ring (bicyclic) bond motifs is 8. The van der Waals surface area contributed by atoms with Crippen molar-refractivity contribution in [2.45, 2.75) is 44.1 Å². The van der Waals surface area contributed by atoms with Crippen LogP contribution in [0.2, 0.25) is 0 Å². The molecule has 5 heterocycles. The van der Waals surface area contributed by atoms with E-state index in [0.717, 1.165) is 29.7 Å². The number of nitrogens with zero attached hydrogens (tertiary/aromatic N) is 4. The average molecular weight is 458 g/mol. The first-order chi connectivity index (χ1) is 15.2. The summed E-state index contributed by atoms with van der Waals surface area (Å²) in [7, 11) is 0. The molecule has 2 atom stereocenters. The smallest absolute Gasteiger partial charge is 0.249 e. The lowest BCUT2D eigenvalue weighted by molar-refractivity contribution is -0.118. The Morgan fingerprint density at radius 3 is 3.26 bits per heavy atom. The summed E-state index contributed by atoms with van der Waals surface area (Å²) >= 11 is 3.27. The van der Waals surface area contributed by atoms with E-state index in [9.17, 15) is 4.79 Å². The number of thioether (sulfide) groups is 1. The van der Waals surface area contributed by atoms with Crippen LogP contribution in [0, 0.1) is 5.92 Å². The zero-order valence-electron chi connectivity index (χ0n) is 17.1. The summed E-state index contributed by atoms with van der Waals surface area (Å²) in [5.41, 5.74) is 6.21. The molecule has 3 N–H and O–H groups in total. The molecule has 1 aliphatic carbocycles. The van der Waals surface area contributed by atoms with Gasteiger partial charge in [0.05, 0.1) is 25.2 Å². The molecular formula is C20H23N7O2S2. The fourth-order valence-corrected chi connectivity index (χ4v) is 6.71. The van der Waals surface area contributed by atoms with Crippen LogP contribution in [0.4, 0.5) is 5.95 Å². The van der Waals surface area contributed by atoms with Crippen molar-refractivity contribution in [3.05, 3.63) is 40.2 Å². The first kappa shape index (κ1) is 19.4. The summed E-state index contributed by atoms with van der Waals surface area (Å²) in [5, 5.41) is 19.3. The SMILES string of the molecule is C[C@H]1CCc2sc3c(c2C1)C1NCNN1c1nnc(SCC(=O)NCc2ccco2)n1-3. The minimum atomic E-state index is -0.0621. The summed E-state index contributed by atoms with van der Waals surface area (Å²) in [5.74, 6) is 2.41. The number of aryl methyl sites for hydroxylation is 1. The van der Waals surface area contributed by atoms with Crippen molar-refractivity contribution in [2.24, 2.45) is 5.92 Å². The van der Waals surface area contributed by atoms with Crippen molar-refractivity contribution in [3.63, 3.8) is 0 Å². The number of hydrogen-bond donors (Lipinski definition) is 3. The van der Waals surface area contributed by atoms with Crippen molar-refractivity contribution in [2.75, 3.05) is 17.4 Å². The van der Waals surface area contributed by atoms with Crippen LogP contribution in [-0.2, 0) is 24.2 Å². The third-order valence-electron chi connectivity index (χ3n) is 6.01. The molecule has 9 nitrogen and oxygen atoms in total. The van der Waals surface area contributed by atoms with Gasteiger partial charge in [0, 0.05) is 10.4 Å². The molecule has 3 aromatic heterocycles. The van der Waals surface area contributed by atoms with Crippen molar-refractivity contribution >= 4 is 35.0 Å². The van der Waals surface area contributed by atoms with Crippen LogP contribution >= 0.6 is 23.1 Å². The largest absolute Gasteiger partial charge is 0.467 e. The van der Waals surface area contributed by atoms with E-state index >= 15 is 0 Å². The normalized spacial score (nSPS) is 21.4. The first-order valence-corrected chi connectivity index (χ1v) is 12.3. The van der Waals surface area contributed by atoms with E-state index in [1.807, 2.05) is 23.5 Å². The van der Waals surface area contributed by atoms with Gasteiger partial charge < -0.3 is 9.73 Å². The van der Waals surface area contributed by atoms with Crippen LogP contribution in [0.1, 0.15) is 41.3 Å². The molecule has 0 radical (unpaired) electrons. The zero-order chi connectivity index (χ0) is 20.9. The highest BCUT2D eigenvalue weighted by Gasteiger charge is 2.42. The lowest BCUT2D eigenvalue weighted by Gasteiger charge is -2.31. The molecule has 1 unspecified atom stereocenters. The van der Waals surface area contributed by atoms with Gasteiger partial charge in [-0.3, -0.25) is 15.1 Å². The molecule has 0 aromatic carbocycles. The molecule has 0 spiro atoms. The Bertz CT molecular complexity index is 1120. The number of hydrazine groups is 1. The van der Waals surface area contributed by atoms with Crippen LogP contribution in [0.25, 0.3) is 5.00 Å². The summed E-state index contributed by atoms with van der Waals surface area (Å²) in [6, 6.07) is 3.66. The number of anilines is 1. The third kappa shape index (κ3) is 3.27. The number of carbonyl (C=O) groups excluding carboxylic acids is 1. The number of rotatable bonds is 5. The standard InChI is InChI=1S/C20H23N7O2S2/c1-11-4-5-14-13(7-11)16-17-22-10-23-27(17)19-24-25-20(26(19)18(16)31-14)30-9-15(28)21-8-12-3-2-6-29-12/h2-3,6,11,17,22-23H,4-5,7-10H2,1H3,(H,21,28)/t11-,17?/m0/s1. The second-order valence-electron chi connectivity index (χ2n) is 8.14. The van der Waals surface area contributed by atoms with Gasteiger partial charge in [0.1, 0.15) is 16.9 Å². The number of aromatic nitrogens is 3. The first-order valence-electron chi connectivity index (χ1n) is 10.5. The van der Waals surface area contributed by atoms with Crippen molar-refractivity contribution in [1.82, 2.24) is 30.8 Å². The Labute approximate surface area is 187 Å². The highest BCUT2D eigenvalue weighted by molar-refractivity contribution is 7.99. The molecule has 6 rings (SSSR count). The maximum absolute atomic E-state index is 12.4. The summed E-state index contributed by atoms with van der Waals surface area (Å²) in [6.07, 6.45) is 5.16. The molecule has 1 fully saturated rings. The van der Waals surface area contributed by atoms with Gasteiger partial charge in [-0.2, -0.15) is 0 Å². The van der Waals surface area contributed by atoms with Crippen LogP contribution in [0.5, 0.6) is 0 Å². The number of carbonyl (C=O) groups is 1. The predicted octanol–water partition coefficient (Wildman–Crippen LogP) is 2.34. The summed E-state index contributed by atoms with van der Waals surface area (Å²) < 4.78 is 7.39. The minimum Gasteiger partial charge on any atom is -0.467 e. The van der Waals surface area contributed by atoms with E-state index in [-0.39, 0.29) is 17.8 Å². The van der Waals surface area contributed by atoms with Gasteiger partial charge in [-0.1, -0.05) is 18.7 Å². The number of furan rings is 1. The van der Waals surface area contributed by atoms with Gasteiger partial charge in [0.25, 0.3) is 0 Å². The molecule has 3 aliphatic rings. The highest BCUT2D eigenvalue weighted by Crippen LogP contribution is 2.48. The maximum atomic E-state index is 12.4. The van der Waals surface area contributed by atoms with Crippen LogP contribution in [-0.4, -0.2) is 33.1 Å². The van der Waals surface area contributed by atoms with Gasteiger partial charge >= 0.3 is 0 Å². The molecular weight excluding hydrogens is 434 g/mol. The average Bonchev–Trinajstić information content (AvgIpc) is 3.55. The Hall–Kier alpha value is -2.34. The Morgan fingerprint density at radius 1 is 1.45 bits per heavy atom. The molecule has 3 aromatic rings. The quantitative estimate of drug-likeness (QED) is 0.502. The molecule has 0 bridgehead atoms. The topological polar surface area (TPSA) is 100 Å². The Kier molecular flexibility index (Phi) is 4.78. The number of thiophene rings is 1. The van der Waals surface area contributed by atoms with Gasteiger partial charge in [0.15, 0.2) is 5.16 Å². The molecule has 162 valence electrons. The second-order valence-corrected chi connectivity index (χ2v) is 10.2. The van der Waals surface area contributed by atoms with Crippen molar-refractivity contribution in [3.8, 4) is 5.00 Å². The molecule has 1 saturated heterocycles. The van der Waals surface area contributed by atoms with E-state index in [4.69, 9.17) is 4.42 Å². The molecule has 11 heteroatoms. The number of amides is 1. The summed E-state index contributed by atoms with van der Waals surface area (Å²) in [6.45, 7) is 3.41. The van der Waals surface area contributed by atoms with Crippen molar-refractivity contribution in [1.29, 1.82) is 0 Å². The van der Waals surface area contributed by atoms with Crippen LogP contribution < -0.4 is 21.1 Å². The molecule has 2 aliphatic heterocycles. The van der Waals surface area contributed by atoms with E-state index < -0.39 is 0 Å². The van der Waals surface area contributed by atoms with Crippen LogP contribution in [0.3, 0.4) is 0 Å². The van der Waals surface area contributed by atoms with Gasteiger partial charge in [0.2, 0.25) is 11.9 Å². The summed E-state index contributed by atoms with van der Waals surface area (Å²) in [4.78, 5) is 13.8. The minimum absolute atomic E-state index is 0.0621. The monoisotopic (exact) mass is 457 g/mol. The lowest BCUT2D eigenvalue weighted by Crippen LogP contribution is -2.39. The van der Waals surface area contributed by atoms with Crippen LogP contribution in [0.15, 0.2) is 28.0 Å². The fourth-order valence-electron chi connectivity index (χ4n) is 4.51. The number of hydrogen-bond acceptors (Lipinski definition) is 9. The lowest BCUT2D eigenvalue weighted by atomic mass is 9.87.